The van der Waals surface area contributed by atoms with Gasteiger partial charge in [0.1, 0.15) is 11.4 Å². The smallest absolute Gasteiger partial charge is 0.340 e. The lowest BCUT2D eigenvalue weighted by atomic mass is 10.1. The van der Waals surface area contributed by atoms with Gasteiger partial charge >= 0.3 is 6.18 Å². The van der Waals surface area contributed by atoms with Crippen molar-refractivity contribution in [1.29, 1.82) is 0 Å². The zero-order chi connectivity index (χ0) is 30.1. The van der Waals surface area contributed by atoms with Crippen LogP contribution in [0, 0.1) is 0 Å². The van der Waals surface area contributed by atoms with Crippen molar-refractivity contribution in [2.75, 3.05) is 10.6 Å². The molecule has 218 valence electrons. The summed E-state index contributed by atoms with van der Waals surface area (Å²) < 4.78 is 97.1. The van der Waals surface area contributed by atoms with Crippen molar-refractivity contribution in [2.45, 2.75) is 68.6 Å². The van der Waals surface area contributed by atoms with E-state index in [-0.39, 0.29) is 27.1 Å². The van der Waals surface area contributed by atoms with Crippen LogP contribution < -0.4 is 20.1 Å². The molecule has 2 aromatic carbocycles. The number of nitrogens with one attached hydrogen (secondary N) is 4. The predicted molar refractivity (Wildman–Crippen MR) is 147 cm³/mol. The first kappa shape index (κ1) is 31.3. The highest BCUT2D eigenvalue weighted by atomic mass is 32.2. The number of halogens is 3. The Morgan fingerprint density at radius 2 is 1.15 bits per heavy atom. The summed E-state index contributed by atoms with van der Waals surface area (Å²) in [5.41, 5.74) is -2.46. The summed E-state index contributed by atoms with van der Waals surface area (Å²) in [6.07, 6.45) is -4.26. The summed E-state index contributed by atoms with van der Waals surface area (Å²) in [6.45, 7) is 10.0. The van der Waals surface area contributed by atoms with Crippen molar-refractivity contribution >= 4 is 43.2 Å². The van der Waals surface area contributed by atoms with E-state index in [9.17, 15) is 30.0 Å². The van der Waals surface area contributed by atoms with Crippen LogP contribution in [0.1, 0.15) is 47.1 Å². The van der Waals surface area contributed by atoms with Gasteiger partial charge in [0.15, 0.2) is 0 Å². The van der Waals surface area contributed by atoms with Crippen LogP contribution in [0.15, 0.2) is 64.5 Å². The first-order chi connectivity index (χ1) is 18.1. The molecule has 0 unspecified atom stereocenters. The maximum atomic E-state index is 13.8. The highest BCUT2D eigenvalue weighted by Gasteiger charge is 2.35. The lowest BCUT2D eigenvalue weighted by molar-refractivity contribution is -0.137. The number of rotatable bonds is 8. The summed E-state index contributed by atoms with van der Waals surface area (Å²) >= 11 is 0. The van der Waals surface area contributed by atoms with Gasteiger partial charge in [0.05, 0.1) is 9.79 Å². The van der Waals surface area contributed by atoms with Crippen LogP contribution in [0.25, 0.3) is 0 Å². The van der Waals surface area contributed by atoms with Crippen LogP contribution in [0.3, 0.4) is 0 Å². The second-order valence-electron chi connectivity index (χ2n) is 11.0. The third-order valence-electron chi connectivity index (χ3n) is 4.78. The first-order valence-corrected chi connectivity index (χ1v) is 14.9. The van der Waals surface area contributed by atoms with Crippen LogP contribution in [-0.2, 0) is 26.2 Å². The van der Waals surface area contributed by atoms with Crippen molar-refractivity contribution in [3.05, 3.63) is 60.3 Å². The normalized spacial score (nSPS) is 13.2. The standard InChI is InChI=1S/C25H31F3N6O4S2/c1-23(2,3)33-39(35,36)18-11-7-9-16(13-18)30-21-20(25(26,27)28)15-29-22(32-21)31-17-10-8-12-19(14-17)40(37,38)34-24(4,5)6/h7-15,33-34H,1-6H3,(H2,29,30,31,32). The molecule has 3 rings (SSSR count). The fourth-order valence-electron chi connectivity index (χ4n) is 3.42. The second kappa shape index (κ2) is 11.0. The SMILES string of the molecule is CC(C)(C)NS(=O)(=O)c1cccc(Nc2ncc(C(F)(F)F)c(Nc3cccc(S(=O)(=O)NC(C)(C)C)c3)n2)c1. The number of anilines is 4. The average molecular weight is 601 g/mol. The fourth-order valence-corrected chi connectivity index (χ4v) is 6.34. The molecule has 0 amide bonds. The van der Waals surface area contributed by atoms with E-state index in [1.807, 2.05) is 0 Å². The molecule has 0 saturated heterocycles. The van der Waals surface area contributed by atoms with Gasteiger partial charge in [-0.15, -0.1) is 0 Å². The summed E-state index contributed by atoms with van der Waals surface area (Å²) in [4.78, 5) is 7.46. The maximum Gasteiger partial charge on any atom is 0.421 e. The minimum atomic E-state index is -4.83. The van der Waals surface area contributed by atoms with E-state index in [2.05, 4.69) is 30.0 Å². The Morgan fingerprint density at radius 1 is 0.700 bits per heavy atom. The predicted octanol–water partition coefficient (Wildman–Crippen LogP) is 5.14. The van der Waals surface area contributed by atoms with E-state index < -0.39 is 48.7 Å². The van der Waals surface area contributed by atoms with Crippen molar-refractivity contribution < 1.29 is 30.0 Å². The number of aromatic nitrogens is 2. The number of hydrogen-bond acceptors (Lipinski definition) is 8. The molecule has 1 aromatic heterocycles. The van der Waals surface area contributed by atoms with Gasteiger partial charge in [-0.1, -0.05) is 12.1 Å². The van der Waals surface area contributed by atoms with Crippen LogP contribution >= 0.6 is 0 Å². The molecule has 0 aliphatic carbocycles. The molecule has 10 nitrogen and oxygen atoms in total. The molecular formula is C25H31F3N6O4S2. The van der Waals surface area contributed by atoms with Crippen molar-refractivity contribution in [3.63, 3.8) is 0 Å². The van der Waals surface area contributed by atoms with Gasteiger partial charge in [-0.2, -0.15) is 18.2 Å². The van der Waals surface area contributed by atoms with Gasteiger partial charge in [-0.05, 0) is 77.9 Å². The largest absolute Gasteiger partial charge is 0.421 e. The van der Waals surface area contributed by atoms with Crippen LogP contribution in [0.5, 0.6) is 0 Å². The number of hydrogen-bond donors (Lipinski definition) is 4. The maximum absolute atomic E-state index is 13.8. The van der Waals surface area contributed by atoms with E-state index in [4.69, 9.17) is 0 Å². The summed E-state index contributed by atoms with van der Waals surface area (Å²) in [6, 6.07) is 10.9. The highest BCUT2D eigenvalue weighted by Crippen LogP contribution is 2.35. The molecular weight excluding hydrogens is 569 g/mol. The Balaban J connectivity index is 1.96. The molecule has 0 bridgehead atoms. The Morgan fingerprint density at radius 3 is 1.57 bits per heavy atom. The van der Waals surface area contributed by atoms with E-state index in [0.29, 0.717) is 6.20 Å². The van der Waals surface area contributed by atoms with Gasteiger partial charge in [-0.25, -0.2) is 31.3 Å². The monoisotopic (exact) mass is 600 g/mol. The highest BCUT2D eigenvalue weighted by molar-refractivity contribution is 7.89. The minimum absolute atomic E-state index is 0.0354. The van der Waals surface area contributed by atoms with Crippen molar-refractivity contribution in [2.24, 2.45) is 0 Å². The van der Waals surface area contributed by atoms with Crippen LogP contribution in [0.2, 0.25) is 0 Å². The minimum Gasteiger partial charge on any atom is -0.340 e. The van der Waals surface area contributed by atoms with E-state index in [0.717, 1.165) is 0 Å². The number of alkyl halides is 3. The zero-order valence-corrected chi connectivity index (χ0v) is 24.3. The molecule has 0 fully saturated rings. The summed E-state index contributed by atoms with van der Waals surface area (Å²) in [7, 11) is -7.84. The van der Waals surface area contributed by atoms with Gasteiger partial charge < -0.3 is 10.6 Å². The molecule has 0 atom stereocenters. The Kier molecular flexibility index (Phi) is 8.56. The lowest BCUT2D eigenvalue weighted by Crippen LogP contribution is -2.40. The molecule has 15 heteroatoms. The Bertz CT molecular complexity index is 1600. The van der Waals surface area contributed by atoms with Crippen LogP contribution in [-0.4, -0.2) is 37.9 Å². The zero-order valence-electron chi connectivity index (χ0n) is 22.7. The van der Waals surface area contributed by atoms with Crippen molar-refractivity contribution in [1.82, 2.24) is 19.4 Å². The molecule has 3 aromatic rings. The van der Waals surface area contributed by atoms with Gasteiger partial charge in [0.2, 0.25) is 26.0 Å². The Hall–Kier alpha value is -3.27. The molecule has 0 saturated carbocycles. The van der Waals surface area contributed by atoms with Crippen molar-refractivity contribution in [3.8, 4) is 0 Å². The molecule has 4 N–H and O–H groups in total. The Labute approximate surface area is 231 Å². The van der Waals surface area contributed by atoms with E-state index >= 15 is 0 Å². The van der Waals surface area contributed by atoms with E-state index in [1.165, 1.54) is 48.5 Å². The summed E-state index contributed by atoms with van der Waals surface area (Å²) in [5.74, 6) is -0.895. The lowest BCUT2D eigenvalue weighted by Gasteiger charge is -2.21. The van der Waals surface area contributed by atoms with Crippen LogP contribution in [0.4, 0.5) is 36.3 Å². The third kappa shape index (κ3) is 8.61. The summed E-state index contributed by atoms with van der Waals surface area (Å²) in [5, 5.41) is 5.25. The molecule has 0 aliphatic rings. The number of nitrogens with zero attached hydrogens (tertiary/aromatic N) is 2. The number of benzene rings is 2. The molecule has 40 heavy (non-hydrogen) atoms. The first-order valence-electron chi connectivity index (χ1n) is 11.9. The van der Waals surface area contributed by atoms with Gasteiger partial charge in [0, 0.05) is 28.6 Å². The fraction of sp³-hybridized carbons (Fsp3) is 0.360. The quantitative estimate of drug-likeness (QED) is 0.279. The third-order valence-corrected chi connectivity index (χ3v) is 8.29. The average Bonchev–Trinajstić information content (AvgIpc) is 2.76. The van der Waals surface area contributed by atoms with Gasteiger partial charge in [-0.3, -0.25) is 0 Å². The second-order valence-corrected chi connectivity index (χ2v) is 14.3. The molecule has 0 aliphatic heterocycles. The molecule has 0 radical (unpaired) electrons. The number of sulfonamides is 2. The van der Waals surface area contributed by atoms with E-state index in [1.54, 1.807) is 41.5 Å². The molecule has 1 heterocycles. The van der Waals surface area contributed by atoms with Gasteiger partial charge in [0.25, 0.3) is 0 Å². The molecule has 0 spiro atoms. The topological polar surface area (TPSA) is 142 Å².